The molecule has 0 saturated carbocycles. The molecule has 0 amide bonds. The predicted octanol–water partition coefficient (Wildman–Crippen LogP) is 4.81. The van der Waals surface area contributed by atoms with Crippen LogP contribution in [-0.4, -0.2) is 0 Å². The molecule has 0 aromatic heterocycles. The number of hydrogen-bond acceptors (Lipinski definition) is 0. The first-order chi connectivity index (χ1) is 8.79. The fraction of sp³-hybridized carbons (Fsp3) is 0.222. The summed E-state index contributed by atoms with van der Waals surface area (Å²) in [5, 5.41) is 0. The van der Waals surface area contributed by atoms with Gasteiger partial charge in [-0.3, -0.25) is 0 Å². The topological polar surface area (TPSA) is 0 Å². The Hall–Kier alpha value is -1.82. The van der Waals surface area contributed by atoms with Crippen LogP contribution in [0.4, 0.5) is 0 Å². The summed E-state index contributed by atoms with van der Waals surface area (Å²) in [6.45, 7) is 4.40. The maximum Gasteiger partial charge on any atom is -0.00915 e. The Morgan fingerprint density at radius 1 is 1.00 bits per heavy atom. The van der Waals surface area contributed by atoms with Crippen molar-refractivity contribution in [1.29, 1.82) is 0 Å². The quantitative estimate of drug-likeness (QED) is 0.714. The minimum atomic E-state index is 1.00. The molecule has 0 aliphatic rings. The highest BCUT2D eigenvalue weighted by Crippen LogP contribution is 2.13. The van der Waals surface area contributed by atoms with Crippen molar-refractivity contribution in [2.75, 3.05) is 0 Å². The van der Waals surface area contributed by atoms with Crippen LogP contribution in [0.5, 0.6) is 0 Å². The molecular formula is C18H20. The second kappa shape index (κ2) is 6.20. The third kappa shape index (κ3) is 3.33. The van der Waals surface area contributed by atoms with Crippen molar-refractivity contribution in [3.63, 3.8) is 0 Å². The largest absolute Gasteiger partial charge is 0.0795 e. The van der Waals surface area contributed by atoms with E-state index in [1.807, 2.05) is 6.07 Å². The van der Waals surface area contributed by atoms with Crippen LogP contribution in [-0.2, 0) is 12.8 Å². The van der Waals surface area contributed by atoms with Gasteiger partial charge in [-0.2, -0.15) is 0 Å². The van der Waals surface area contributed by atoms with Crippen LogP contribution in [0.25, 0.3) is 6.08 Å². The first-order valence-electron chi connectivity index (χ1n) is 6.59. The summed E-state index contributed by atoms with van der Waals surface area (Å²) < 4.78 is 0. The highest BCUT2D eigenvalue weighted by Gasteiger charge is 1.97. The van der Waals surface area contributed by atoms with Gasteiger partial charge in [0.2, 0.25) is 0 Å². The van der Waals surface area contributed by atoms with Crippen molar-refractivity contribution in [2.24, 2.45) is 0 Å². The van der Waals surface area contributed by atoms with Crippen molar-refractivity contribution in [3.05, 3.63) is 76.9 Å². The van der Waals surface area contributed by atoms with E-state index in [9.17, 15) is 0 Å². The van der Waals surface area contributed by atoms with Crippen LogP contribution in [0, 0.1) is 6.92 Å². The summed E-state index contributed by atoms with van der Waals surface area (Å²) in [7, 11) is 0. The zero-order valence-electron chi connectivity index (χ0n) is 11.2. The van der Waals surface area contributed by atoms with Crippen molar-refractivity contribution >= 4 is 6.08 Å². The average Bonchev–Trinajstić information content (AvgIpc) is 2.42. The monoisotopic (exact) mass is 236 g/mol. The van der Waals surface area contributed by atoms with Crippen LogP contribution < -0.4 is 0 Å². The minimum Gasteiger partial charge on any atom is -0.0795 e. The molecule has 0 heterocycles. The molecule has 0 spiro atoms. The van der Waals surface area contributed by atoms with E-state index in [1.54, 1.807) is 0 Å². The second-order valence-electron chi connectivity index (χ2n) is 4.63. The van der Waals surface area contributed by atoms with Gasteiger partial charge in [0, 0.05) is 0 Å². The molecule has 0 fully saturated rings. The summed E-state index contributed by atoms with van der Waals surface area (Å²) in [6, 6.07) is 17.2. The summed E-state index contributed by atoms with van der Waals surface area (Å²) >= 11 is 0. The number of rotatable bonds is 4. The lowest BCUT2D eigenvalue weighted by atomic mass is 10.0. The van der Waals surface area contributed by atoms with Gasteiger partial charge in [-0.05, 0) is 42.0 Å². The van der Waals surface area contributed by atoms with E-state index >= 15 is 0 Å². The molecule has 0 radical (unpaired) electrons. The molecule has 0 unspecified atom stereocenters. The van der Waals surface area contributed by atoms with Gasteiger partial charge in [-0.25, -0.2) is 0 Å². The van der Waals surface area contributed by atoms with Gasteiger partial charge < -0.3 is 0 Å². The molecular weight excluding hydrogens is 216 g/mol. The van der Waals surface area contributed by atoms with E-state index in [1.165, 1.54) is 22.3 Å². The van der Waals surface area contributed by atoms with Crippen LogP contribution >= 0.6 is 0 Å². The molecule has 0 saturated heterocycles. The maximum atomic E-state index is 2.30. The SMILES string of the molecule is CCc1ccc(CC=Cc2ccccc2)c(C)c1. The first-order valence-corrected chi connectivity index (χ1v) is 6.59. The highest BCUT2D eigenvalue weighted by atomic mass is 14.0. The number of hydrogen-bond donors (Lipinski definition) is 0. The Morgan fingerprint density at radius 2 is 1.78 bits per heavy atom. The fourth-order valence-corrected chi connectivity index (χ4v) is 2.09. The number of aryl methyl sites for hydroxylation is 2. The first kappa shape index (κ1) is 12.6. The van der Waals surface area contributed by atoms with E-state index in [0.717, 1.165) is 12.8 Å². The molecule has 0 heteroatoms. The normalized spacial score (nSPS) is 11.0. The standard InChI is InChI=1S/C18H20/c1-3-16-12-13-18(15(2)14-16)11-7-10-17-8-5-4-6-9-17/h4-10,12-14H,3,11H2,1-2H3. The summed E-state index contributed by atoms with van der Waals surface area (Å²) in [6.07, 6.45) is 6.54. The van der Waals surface area contributed by atoms with E-state index in [-0.39, 0.29) is 0 Å². The molecule has 0 aliphatic heterocycles. The van der Waals surface area contributed by atoms with Crippen molar-refractivity contribution in [3.8, 4) is 0 Å². The number of benzene rings is 2. The maximum absolute atomic E-state index is 2.30. The van der Waals surface area contributed by atoms with E-state index in [2.05, 4.69) is 68.5 Å². The average molecular weight is 236 g/mol. The summed E-state index contributed by atoms with van der Waals surface area (Å²) in [5.74, 6) is 0. The smallest absolute Gasteiger partial charge is 0.00915 e. The van der Waals surface area contributed by atoms with Crippen LogP contribution in [0.15, 0.2) is 54.6 Å². The Balaban J connectivity index is 2.04. The van der Waals surface area contributed by atoms with Crippen LogP contribution in [0.2, 0.25) is 0 Å². The summed E-state index contributed by atoms with van der Waals surface area (Å²) in [5.41, 5.74) is 5.50. The van der Waals surface area contributed by atoms with Crippen molar-refractivity contribution in [1.82, 2.24) is 0 Å². The molecule has 0 bridgehead atoms. The van der Waals surface area contributed by atoms with Gasteiger partial charge in [-0.1, -0.05) is 67.6 Å². The molecule has 0 N–H and O–H groups in total. The van der Waals surface area contributed by atoms with E-state index in [0.29, 0.717) is 0 Å². The van der Waals surface area contributed by atoms with Gasteiger partial charge in [0.25, 0.3) is 0 Å². The molecule has 2 rings (SSSR count). The van der Waals surface area contributed by atoms with E-state index in [4.69, 9.17) is 0 Å². The molecule has 0 aliphatic carbocycles. The van der Waals surface area contributed by atoms with Gasteiger partial charge in [0.1, 0.15) is 0 Å². The van der Waals surface area contributed by atoms with Crippen LogP contribution in [0.3, 0.4) is 0 Å². The highest BCUT2D eigenvalue weighted by molar-refractivity contribution is 5.49. The molecule has 0 atom stereocenters. The Morgan fingerprint density at radius 3 is 2.44 bits per heavy atom. The van der Waals surface area contributed by atoms with Crippen molar-refractivity contribution < 1.29 is 0 Å². The Bertz CT molecular complexity index is 521. The molecule has 0 nitrogen and oxygen atoms in total. The van der Waals surface area contributed by atoms with Crippen LogP contribution in [0.1, 0.15) is 29.2 Å². The third-order valence-corrected chi connectivity index (χ3v) is 3.26. The Kier molecular flexibility index (Phi) is 4.35. The second-order valence-corrected chi connectivity index (χ2v) is 4.63. The zero-order chi connectivity index (χ0) is 12.8. The molecule has 2 aromatic rings. The zero-order valence-corrected chi connectivity index (χ0v) is 11.2. The van der Waals surface area contributed by atoms with Gasteiger partial charge in [-0.15, -0.1) is 0 Å². The minimum absolute atomic E-state index is 1.00. The van der Waals surface area contributed by atoms with Crippen molar-refractivity contribution in [2.45, 2.75) is 26.7 Å². The molecule has 2 aromatic carbocycles. The fourth-order valence-electron chi connectivity index (χ4n) is 2.09. The predicted molar refractivity (Wildman–Crippen MR) is 79.7 cm³/mol. The lowest BCUT2D eigenvalue weighted by Crippen LogP contribution is -1.89. The lowest BCUT2D eigenvalue weighted by molar-refractivity contribution is 1.11. The Labute approximate surface area is 110 Å². The van der Waals surface area contributed by atoms with E-state index < -0.39 is 0 Å². The molecule has 92 valence electrons. The summed E-state index contributed by atoms with van der Waals surface area (Å²) in [4.78, 5) is 0. The van der Waals surface area contributed by atoms with Gasteiger partial charge in [0.05, 0.1) is 0 Å². The lowest BCUT2D eigenvalue weighted by Gasteiger charge is -2.05. The van der Waals surface area contributed by atoms with Gasteiger partial charge in [0.15, 0.2) is 0 Å². The third-order valence-electron chi connectivity index (χ3n) is 3.26. The molecule has 18 heavy (non-hydrogen) atoms. The van der Waals surface area contributed by atoms with Gasteiger partial charge >= 0.3 is 0 Å². The number of allylic oxidation sites excluding steroid dienone is 1.